The number of hydrogen-bond acceptors (Lipinski definition) is 7. The Balaban J connectivity index is 1.30. The molecule has 194 valence electrons. The zero-order valence-electron chi connectivity index (χ0n) is 21.2. The van der Waals surface area contributed by atoms with Crippen molar-refractivity contribution in [3.8, 4) is 45.7 Å². The Morgan fingerprint density at radius 3 is 1.00 bits per heavy atom. The molecule has 0 aliphatic heterocycles. The van der Waals surface area contributed by atoms with Crippen LogP contribution in [0.3, 0.4) is 0 Å². The van der Waals surface area contributed by atoms with E-state index in [9.17, 15) is 10.2 Å². The summed E-state index contributed by atoms with van der Waals surface area (Å²) >= 11 is 3.25. The number of hydrogen-bond donors (Lipinski definition) is 2. The fraction of sp³-hybridized carbons (Fsp3) is 0. The van der Waals surface area contributed by atoms with Crippen molar-refractivity contribution in [2.75, 3.05) is 0 Å². The summed E-state index contributed by atoms with van der Waals surface area (Å²) in [5.41, 5.74) is 2.72. The fourth-order valence-corrected chi connectivity index (χ4v) is 5.63. The molecule has 0 fully saturated rings. The monoisotopic (exact) mass is 557 g/mol. The third-order valence-electron chi connectivity index (χ3n) is 6.04. The molecule has 0 saturated carbocycles. The van der Waals surface area contributed by atoms with E-state index >= 15 is 0 Å². The van der Waals surface area contributed by atoms with Gasteiger partial charge in [0, 0.05) is 36.3 Å². The Morgan fingerprint density at radius 2 is 0.650 bits per heavy atom. The van der Waals surface area contributed by atoms with Gasteiger partial charge in [0.2, 0.25) is 0 Å². The molecule has 6 aromatic rings. The highest BCUT2D eigenvalue weighted by Gasteiger charge is 2.13. The quantitative estimate of drug-likeness (QED) is 0.203. The summed E-state index contributed by atoms with van der Waals surface area (Å²) in [5.74, 6) is 2.33. The minimum atomic E-state index is 0.255. The fourth-order valence-electron chi connectivity index (χ4n) is 4.00. The zero-order valence-corrected chi connectivity index (χ0v) is 22.8. The van der Waals surface area contributed by atoms with Gasteiger partial charge >= 0.3 is 0 Å². The van der Waals surface area contributed by atoms with E-state index in [2.05, 4.69) is 0 Å². The van der Waals surface area contributed by atoms with E-state index in [1.165, 1.54) is 0 Å². The smallest absolute Gasteiger partial charge is 0.164 e. The summed E-state index contributed by atoms with van der Waals surface area (Å²) < 4.78 is 0. The minimum absolute atomic E-state index is 0.255. The van der Waals surface area contributed by atoms with E-state index in [1.807, 2.05) is 103 Å². The van der Waals surface area contributed by atoms with E-state index in [0.717, 1.165) is 36.3 Å². The van der Waals surface area contributed by atoms with Crippen LogP contribution in [0, 0.1) is 0 Å². The lowest BCUT2D eigenvalue weighted by Crippen LogP contribution is -2.00. The average molecular weight is 558 g/mol. The molecule has 0 spiro atoms. The number of aromatic hydroxyl groups is 2. The molecule has 6 rings (SSSR count). The van der Waals surface area contributed by atoms with Crippen molar-refractivity contribution in [3.05, 3.63) is 127 Å². The maximum Gasteiger partial charge on any atom is 0.164 e. The highest BCUT2D eigenvalue weighted by Crippen LogP contribution is 2.33. The van der Waals surface area contributed by atoms with Gasteiger partial charge in [-0.05, 0) is 72.8 Å². The first-order valence-electron chi connectivity index (χ1n) is 12.6. The normalized spacial score (nSPS) is 10.9. The second-order valence-electron chi connectivity index (χ2n) is 8.91. The van der Waals surface area contributed by atoms with Crippen LogP contribution in [-0.4, -0.2) is 25.2 Å². The molecule has 5 nitrogen and oxygen atoms in total. The van der Waals surface area contributed by atoms with E-state index in [4.69, 9.17) is 15.0 Å². The maximum absolute atomic E-state index is 9.54. The highest BCUT2D eigenvalue weighted by atomic mass is 32.2. The summed E-state index contributed by atoms with van der Waals surface area (Å²) in [5, 5.41) is 19.1. The lowest BCUT2D eigenvalue weighted by atomic mass is 10.1. The second-order valence-corrected chi connectivity index (χ2v) is 11.2. The highest BCUT2D eigenvalue weighted by molar-refractivity contribution is 7.99. The summed E-state index contributed by atoms with van der Waals surface area (Å²) in [6.45, 7) is 0. The molecular weight excluding hydrogens is 535 g/mol. The maximum atomic E-state index is 9.54. The zero-order chi connectivity index (χ0) is 27.3. The van der Waals surface area contributed by atoms with Crippen LogP contribution in [0.25, 0.3) is 34.2 Å². The van der Waals surface area contributed by atoms with Gasteiger partial charge in [-0.25, -0.2) is 15.0 Å². The number of aromatic nitrogens is 3. The van der Waals surface area contributed by atoms with Crippen LogP contribution in [-0.2, 0) is 0 Å². The van der Waals surface area contributed by atoms with Gasteiger partial charge < -0.3 is 10.2 Å². The molecule has 0 unspecified atom stereocenters. The molecule has 1 heterocycles. The second kappa shape index (κ2) is 11.7. The number of phenolic OH excluding ortho intramolecular Hbond substituents is 2. The molecule has 0 amide bonds. The van der Waals surface area contributed by atoms with E-state index in [-0.39, 0.29) is 11.5 Å². The van der Waals surface area contributed by atoms with Gasteiger partial charge in [-0.1, -0.05) is 78.1 Å². The molecular formula is C33H23N3O2S2. The Hall–Kier alpha value is -4.59. The number of phenols is 2. The molecule has 0 atom stereocenters. The van der Waals surface area contributed by atoms with Crippen molar-refractivity contribution >= 4 is 23.5 Å². The SMILES string of the molecule is Oc1ccc(Sc2ccc(-c3nc(-c4ccccc4)nc(-c4ccc(Sc5ccc(O)cc5)cc4)n3)cc2)cc1. The van der Waals surface area contributed by atoms with Gasteiger partial charge in [0.05, 0.1) is 0 Å². The van der Waals surface area contributed by atoms with Crippen LogP contribution in [0.5, 0.6) is 11.5 Å². The van der Waals surface area contributed by atoms with E-state index < -0.39 is 0 Å². The van der Waals surface area contributed by atoms with Gasteiger partial charge in [-0.3, -0.25) is 0 Å². The molecule has 40 heavy (non-hydrogen) atoms. The first-order chi connectivity index (χ1) is 19.6. The van der Waals surface area contributed by atoms with Crippen LogP contribution in [0.1, 0.15) is 0 Å². The molecule has 0 aliphatic carbocycles. The Kier molecular flexibility index (Phi) is 7.48. The van der Waals surface area contributed by atoms with Crippen LogP contribution in [0.4, 0.5) is 0 Å². The van der Waals surface area contributed by atoms with Gasteiger partial charge in [-0.2, -0.15) is 0 Å². The molecule has 7 heteroatoms. The van der Waals surface area contributed by atoms with Crippen LogP contribution < -0.4 is 0 Å². The van der Waals surface area contributed by atoms with Gasteiger partial charge in [-0.15, -0.1) is 0 Å². The first kappa shape index (κ1) is 25.7. The molecule has 5 aromatic carbocycles. The number of rotatable bonds is 7. The third-order valence-corrected chi connectivity index (χ3v) is 8.07. The minimum Gasteiger partial charge on any atom is -0.508 e. The van der Waals surface area contributed by atoms with Crippen molar-refractivity contribution in [1.82, 2.24) is 15.0 Å². The predicted molar refractivity (Wildman–Crippen MR) is 161 cm³/mol. The number of benzene rings is 5. The van der Waals surface area contributed by atoms with Crippen molar-refractivity contribution < 1.29 is 10.2 Å². The molecule has 0 saturated heterocycles. The Bertz CT molecular complexity index is 1620. The Morgan fingerprint density at radius 1 is 0.350 bits per heavy atom. The third kappa shape index (κ3) is 6.17. The van der Waals surface area contributed by atoms with Gasteiger partial charge in [0.1, 0.15) is 11.5 Å². The first-order valence-corrected chi connectivity index (χ1v) is 14.2. The predicted octanol–water partition coefficient (Wildman–Crippen LogP) is 8.59. The van der Waals surface area contributed by atoms with Crippen molar-refractivity contribution in [3.63, 3.8) is 0 Å². The molecule has 0 bridgehead atoms. The Labute approximate surface area is 240 Å². The topological polar surface area (TPSA) is 79.1 Å². The summed E-state index contributed by atoms with van der Waals surface area (Å²) in [6, 6.07) is 40.5. The van der Waals surface area contributed by atoms with Crippen LogP contribution in [0.2, 0.25) is 0 Å². The average Bonchev–Trinajstić information content (AvgIpc) is 3.00. The summed E-state index contributed by atoms with van der Waals surface area (Å²) in [4.78, 5) is 18.7. The van der Waals surface area contributed by atoms with Crippen molar-refractivity contribution in [1.29, 1.82) is 0 Å². The van der Waals surface area contributed by atoms with Crippen molar-refractivity contribution in [2.24, 2.45) is 0 Å². The van der Waals surface area contributed by atoms with Crippen LogP contribution >= 0.6 is 23.5 Å². The molecule has 0 aliphatic rings. The summed E-state index contributed by atoms with van der Waals surface area (Å²) in [7, 11) is 0. The van der Waals surface area contributed by atoms with Crippen molar-refractivity contribution in [2.45, 2.75) is 19.6 Å². The lowest BCUT2D eigenvalue weighted by molar-refractivity contribution is 0.474. The van der Waals surface area contributed by atoms with Crippen LogP contribution in [0.15, 0.2) is 147 Å². The van der Waals surface area contributed by atoms with E-state index in [0.29, 0.717) is 17.5 Å². The summed E-state index contributed by atoms with van der Waals surface area (Å²) in [6.07, 6.45) is 0. The molecule has 2 N–H and O–H groups in total. The van der Waals surface area contributed by atoms with Gasteiger partial charge in [0.15, 0.2) is 17.5 Å². The number of nitrogens with zero attached hydrogens (tertiary/aromatic N) is 3. The molecule has 1 aromatic heterocycles. The largest absolute Gasteiger partial charge is 0.508 e. The lowest BCUT2D eigenvalue weighted by Gasteiger charge is -2.09. The van der Waals surface area contributed by atoms with E-state index in [1.54, 1.807) is 47.8 Å². The van der Waals surface area contributed by atoms with Gasteiger partial charge in [0.25, 0.3) is 0 Å². The standard InChI is InChI=1S/C33H23N3O2S2/c37-25-10-18-29(19-11-25)39-27-14-6-23(7-15-27)32-34-31(22-4-2-1-3-5-22)35-33(36-32)24-8-16-28(17-9-24)40-30-20-12-26(38)13-21-30/h1-21,37-38H. The molecule has 0 radical (unpaired) electrons.